The van der Waals surface area contributed by atoms with Crippen molar-refractivity contribution in [3.8, 4) is 0 Å². The van der Waals surface area contributed by atoms with Crippen molar-refractivity contribution in [1.29, 1.82) is 0 Å². The van der Waals surface area contributed by atoms with Crippen LogP contribution in [0.2, 0.25) is 0 Å². The third kappa shape index (κ3) is 1.42. The quantitative estimate of drug-likeness (QED) is 0.677. The van der Waals surface area contributed by atoms with Crippen LogP contribution in [-0.2, 0) is 6.54 Å². The second kappa shape index (κ2) is 3.27. The molecule has 1 aromatic carbocycles. The minimum absolute atomic E-state index is 0.0312. The Morgan fingerprint density at radius 1 is 1.36 bits per heavy atom. The maximum atomic E-state index is 11.5. The van der Waals surface area contributed by atoms with Crippen LogP contribution in [0.1, 0.15) is 11.1 Å². The van der Waals surface area contributed by atoms with Crippen LogP contribution in [0.25, 0.3) is 10.9 Å². The number of nitrogens with one attached hydrogen (secondary N) is 1. The summed E-state index contributed by atoms with van der Waals surface area (Å²) in [6.07, 6.45) is 0. The average molecular weight is 189 g/mol. The predicted molar refractivity (Wildman–Crippen MR) is 55.9 cm³/mol. The molecular formula is C11H13N2O+. The lowest BCUT2D eigenvalue weighted by Crippen LogP contribution is -2.49. The lowest BCUT2D eigenvalue weighted by molar-refractivity contribution is -0.386. The zero-order valence-electron chi connectivity index (χ0n) is 8.13. The number of pyridine rings is 1. The highest BCUT2D eigenvalue weighted by molar-refractivity contribution is 5.79. The summed E-state index contributed by atoms with van der Waals surface area (Å²) in [6.45, 7) is 2.56. The lowest BCUT2D eigenvalue weighted by atomic mass is 10.1. The van der Waals surface area contributed by atoms with E-state index in [2.05, 4.69) is 16.8 Å². The van der Waals surface area contributed by atoms with Crippen molar-refractivity contribution in [3.63, 3.8) is 0 Å². The second-order valence-corrected chi connectivity index (χ2v) is 3.46. The summed E-state index contributed by atoms with van der Waals surface area (Å²) < 4.78 is 0. The molecule has 1 aromatic heterocycles. The zero-order valence-corrected chi connectivity index (χ0v) is 8.13. The van der Waals surface area contributed by atoms with E-state index in [1.54, 1.807) is 0 Å². The van der Waals surface area contributed by atoms with Crippen molar-refractivity contribution in [2.45, 2.75) is 13.5 Å². The van der Waals surface area contributed by atoms with E-state index in [0.717, 1.165) is 16.5 Å². The van der Waals surface area contributed by atoms with Crippen molar-refractivity contribution in [3.05, 3.63) is 45.7 Å². The monoisotopic (exact) mass is 189 g/mol. The van der Waals surface area contributed by atoms with Crippen molar-refractivity contribution < 1.29 is 5.73 Å². The normalized spacial score (nSPS) is 10.7. The average Bonchev–Trinajstić information content (AvgIpc) is 2.17. The SMILES string of the molecule is Cc1ccc2[nH]c(=O)c(C[NH3+])cc2c1. The second-order valence-electron chi connectivity index (χ2n) is 3.46. The Labute approximate surface area is 81.6 Å². The summed E-state index contributed by atoms with van der Waals surface area (Å²) in [5, 5.41) is 1.07. The third-order valence-corrected chi connectivity index (χ3v) is 2.35. The Hall–Kier alpha value is -1.61. The molecule has 0 bridgehead atoms. The molecular weight excluding hydrogens is 176 g/mol. The summed E-state index contributed by atoms with van der Waals surface area (Å²) >= 11 is 0. The molecule has 0 fully saturated rings. The minimum Gasteiger partial charge on any atom is -0.354 e. The summed E-state index contributed by atoms with van der Waals surface area (Å²) in [6, 6.07) is 7.89. The first-order chi connectivity index (χ1) is 6.70. The summed E-state index contributed by atoms with van der Waals surface area (Å²) in [5.74, 6) is 0. The van der Waals surface area contributed by atoms with Crippen LogP contribution in [0.4, 0.5) is 0 Å². The molecule has 2 rings (SSSR count). The number of aryl methyl sites for hydroxylation is 1. The van der Waals surface area contributed by atoms with Crippen LogP contribution in [0.5, 0.6) is 0 Å². The van der Waals surface area contributed by atoms with Crippen molar-refractivity contribution in [1.82, 2.24) is 4.98 Å². The molecule has 0 saturated carbocycles. The van der Waals surface area contributed by atoms with E-state index < -0.39 is 0 Å². The van der Waals surface area contributed by atoms with E-state index in [1.165, 1.54) is 5.56 Å². The maximum Gasteiger partial charge on any atom is 0.257 e. The van der Waals surface area contributed by atoms with E-state index in [9.17, 15) is 4.79 Å². The molecule has 0 radical (unpaired) electrons. The van der Waals surface area contributed by atoms with Crippen LogP contribution in [-0.4, -0.2) is 4.98 Å². The number of aromatic amines is 1. The van der Waals surface area contributed by atoms with Gasteiger partial charge in [-0.25, -0.2) is 0 Å². The van der Waals surface area contributed by atoms with Crippen LogP contribution >= 0.6 is 0 Å². The number of H-pyrrole nitrogens is 1. The Kier molecular flexibility index (Phi) is 2.09. The fourth-order valence-corrected chi connectivity index (χ4v) is 1.56. The number of hydrogen-bond donors (Lipinski definition) is 2. The van der Waals surface area contributed by atoms with Gasteiger partial charge in [-0.3, -0.25) is 4.79 Å². The molecule has 0 aliphatic carbocycles. The number of hydrogen-bond acceptors (Lipinski definition) is 1. The first-order valence-electron chi connectivity index (χ1n) is 4.62. The predicted octanol–water partition coefficient (Wildman–Crippen LogP) is 0.578. The Bertz CT molecular complexity index is 528. The van der Waals surface area contributed by atoms with E-state index in [0.29, 0.717) is 6.54 Å². The van der Waals surface area contributed by atoms with Crippen LogP contribution in [0.15, 0.2) is 29.1 Å². The van der Waals surface area contributed by atoms with E-state index in [4.69, 9.17) is 0 Å². The molecule has 0 amide bonds. The first kappa shape index (κ1) is 8.97. The molecule has 0 unspecified atom stereocenters. The van der Waals surface area contributed by atoms with Gasteiger partial charge in [-0.1, -0.05) is 11.6 Å². The van der Waals surface area contributed by atoms with Gasteiger partial charge < -0.3 is 10.7 Å². The molecule has 1 heterocycles. The third-order valence-electron chi connectivity index (χ3n) is 2.35. The van der Waals surface area contributed by atoms with Crippen molar-refractivity contribution >= 4 is 10.9 Å². The fourth-order valence-electron chi connectivity index (χ4n) is 1.56. The van der Waals surface area contributed by atoms with Gasteiger partial charge in [0.15, 0.2) is 0 Å². The molecule has 3 heteroatoms. The molecule has 4 N–H and O–H groups in total. The molecule has 0 spiro atoms. The van der Waals surface area contributed by atoms with Gasteiger partial charge in [0.2, 0.25) is 0 Å². The van der Waals surface area contributed by atoms with Crippen LogP contribution in [0.3, 0.4) is 0 Å². The summed E-state index contributed by atoms with van der Waals surface area (Å²) in [7, 11) is 0. The highest BCUT2D eigenvalue weighted by atomic mass is 16.1. The van der Waals surface area contributed by atoms with E-state index in [-0.39, 0.29) is 5.56 Å². The van der Waals surface area contributed by atoms with Gasteiger partial charge in [-0.2, -0.15) is 0 Å². The Morgan fingerprint density at radius 2 is 2.14 bits per heavy atom. The van der Waals surface area contributed by atoms with Gasteiger partial charge in [0.1, 0.15) is 6.54 Å². The summed E-state index contributed by atoms with van der Waals surface area (Å²) in [5.41, 5.74) is 6.51. The van der Waals surface area contributed by atoms with Gasteiger partial charge in [-0.05, 0) is 30.5 Å². The standard InChI is InChI=1S/C11H12N2O/c1-7-2-3-10-8(4-7)5-9(6-12)11(14)13-10/h2-5H,6,12H2,1H3,(H,13,14)/p+1. The molecule has 2 aromatic rings. The highest BCUT2D eigenvalue weighted by Gasteiger charge is 2.01. The molecule has 0 aliphatic heterocycles. The molecule has 0 aliphatic rings. The number of rotatable bonds is 1. The molecule has 14 heavy (non-hydrogen) atoms. The van der Waals surface area contributed by atoms with Crippen molar-refractivity contribution in [2.24, 2.45) is 0 Å². The van der Waals surface area contributed by atoms with E-state index >= 15 is 0 Å². The smallest absolute Gasteiger partial charge is 0.257 e. The fraction of sp³-hybridized carbons (Fsp3) is 0.182. The largest absolute Gasteiger partial charge is 0.354 e. The number of aromatic nitrogens is 1. The number of benzene rings is 1. The van der Waals surface area contributed by atoms with Crippen LogP contribution < -0.4 is 11.3 Å². The Morgan fingerprint density at radius 3 is 2.86 bits per heavy atom. The van der Waals surface area contributed by atoms with Gasteiger partial charge >= 0.3 is 0 Å². The molecule has 0 saturated heterocycles. The van der Waals surface area contributed by atoms with Gasteiger partial charge in [-0.15, -0.1) is 0 Å². The number of fused-ring (bicyclic) bond motifs is 1. The maximum absolute atomic E-state index is 11.5. The summed E-state index contributed by atoms with van der Waals surface area (Å²) in [4.78, 5) is 14.3. The van der Waals surface area contributed by atoms with Gasteiger partial charge in [0, 0.05) is 5.52 Å². The first-order valence-corrected chi connectivity index (χ1v) is 4.62. The topological polar surface area (TPSA) is 60.5 Å². The minimum atomic E-state index is -0.0312. The van der Waals surface area contributed by atoms with Gasteiger partial charge in [0.25, 0.3) is 5.56 Å². The zero-order chi connectivity index (χ0) is 10.1. The molecule has 72 valence electrons. The lowest BCUT2D eigenvalue weighted by Gasteiger charge is -2.00. The van der Waals surface area contributed by atoms with Crippen molar-refractivity contribution in [2.75, 3.05) is 0 Å². The van der Waals surface area contributed by atoms with Gasteiger partial charge in [0.05, 0.1) is 5.56 Å². The molecule has 3 nitrogen and oxygen atoms in total. The highest BCUT2D eigenvalue weighted by Crippen LogP contribution is 2.12. The van der Waals surface area contributed by atoms with E-state index in [1.807, 2.05) is 25.1 Å². The van der Waals surface area contributed by atoms with Crippen LogP contribution in [0, 0.1) is 6.92 Å². The molecule has 0 atom stereocenters. The Balaban J connectivity index is 2.80. The number of quaternary nitrogens is 1.